The molecule has 0 spiro atoms. The monoisotopic (exact) mass is 173 g/mol. The highest BCUT2D eigenvalue weighted by molar-refractivity contribution is 5.73. The van der Waals surface area contributed by atoms with Gasteiger partial charge >= 0.3 is 5.97 Å². The van der Waals surface area contributed by atoms with Crippen LogP contribution in [0.25, 0.3) is 0 Å². The van der Waals surface area contributed by atoms with Gasteiger partial charge in [-0.3, -0.25) is 9.69 Å². The van der Waals surface area contributed by atoms with Crippen molar-refractivity contribution in [1.29, 1.82) is 0 Å². The Morgan fingerprint density at radius 2 is 2.42 bits per heavy atom. The minimum atomic E-state index is -0.810. The van der Waals surface area contributed by atoms with Gasteiger partial charge in [0.2, 0.25) is 0 Å². The zero-order chi connectivity index (χ0) is 9.14. The quantitative estimate of drug-likeness (QED) is 0.626. The average molecular weight is 173 g/mol. The molecule has 1 aliphatic heterocycles. The van der Waals surface area contributed by atoms with Crippen LogP contribution in [0.1, 0.15) is 19.8 Å². The van der Waals surface area contributed by atoms with Gasteiger partial charge in [0, 0.05) is 6.04 Å². The summed E-state index contributed by atoms with van der Waals surface area (Å²) in [6, 6.07) is -0.416. The second kappa shape index (κ2) is 3.87. The van der Waals surface area contributed by atoms with Gasteiger partial charge in [-0.2, -0.15) is 0 Å². The van der Waals surface area contributed by atoms with E-state index in [0.29, 0.717) is 0 Å². The highest BCUT2D eigenvalue weighted by atomic mass is 16.4. The molecule has 4 heteroatoms. The van der Waals surface area contributed by atoms with Crippen LogP contribution in [-0.4, -0.2) is 46.3 Å². The van der Waals surface area contributed by atoms with Crippen LogP contribution in [-0.2, 0) is 4.79 Å². The molecule has 2 atom stereocenters. The smallest absolute Gasteiger partial charge is 0.320 e. The zero-order valence-electron chi connectivity index (χ0n) is 7.23. The molecule has 0 aromatic heterocycles. The maximum atomic E-state index is 10.6. The van der Waals surface area contributed by atoms with E-state index >= 15 is 0 Å². The number of aliphatic hydroxyl groups excluding tert-OH is 1. The van der Waals surface area contributed by atoms with Crippen LogP contribution in [0.2, 0.25) is 0 Å². The molecule has 1 aliphatic rings. The molecule has 1 heterocycles. The molecule has 2 N–H and O–H groups in total. The number of aliphatic hydroxyl groups is 1. The van der Waals surface area contributed by atoms with Gasteiger partial charge < -0.3 is 10.2 Å². The van der Waals surface area contributed by atoms with Crippen molar-refractivity contribution in [3.8, 4) is 0 Å². The Morgan fingerprint density at radius 3 is 2.92 bits per heavy atom. The van der Waals surface area contributed by atoms with E-state index in [-0.39, 0.29) is 12.6 Å². The molecule has 70 valence electrons. The molecule has 12 heavy (non-hydrogen) atoms. The Balaban J connectivity index is 2.55. The molecule has 0 bridgehead atoms. The van der Waals surface area contributed by atoms with Crippen LogP contribution >= 0.6 is 0 Å². The minimum absolute atomic E-state index is 0.0519. The summed E-state index contributed by atoms with van der Waals surface area (Å²) < 4.78 is 0. The largest absolute Gasteiger partial charge is 0.480 e. The number of hydrogen-bond donors (Lipinski definition) is 2. The highest BCUT2D eigenvalue weighted by Crippen LogP contribution is 2.19. The molecular formula is C8H15NO3. The first kappa shape index (κ1) is 9.48. The fourth-order valence-electron chi connectivity index (χ4n) is 1.71. The van der Waals surface area contributed by atoms with Crippen molar-refractivity contribution < 1.29 is 15.0 Å². The third-order valence-electron chi connectivity index (χ3n) is 2.49. The van der Waals surface area contributed by atoms with E-state index in [2.05, 4.69) is 0 Å². The Kier molecular flexibility index (Phi) is 3.05. The molecule has 0 saturated carbocycles. The van der Waals surface area contributed by atoms with Crippen molar-refractivity contribution in [3.05, 3.63) is 0 Å². The lowest BCUT2D eigenvalue weighted by Gasteiger charge is -2.26. The SMILES string of the molecule is CC(C(=O)O)N1CCCC1CO. The zero-order valence-corrected chi connectivity index (χ0v) is 7.23. The molecule has 1 saturated heterocycles. The number of carbonyl (C=O) groups is 1. The van der Waals surface area contributed by atoms with Crippen molar-refractivity contribution >= 4 is 5.97 Å². The summed E-state index contributed by atoms with van der Waals surface area (Å²) in [6.45, 7) is 2.52. The number of nitrogens with zero attached hydrogens (tertiary/aromatic N) is 1. The maximum Gasteiger partial charge on any atom is 0.320 e. The van der Waals surface area contributed by atoms with Crippen molar-refractivity contribution in [1.82, 2.24) is 4.90 Å². The summed E-state index contributed by atoms with van der Waals surface area (Å²) in [7, 11) is 0. The molecule has 0 aromatic rings. The van der Waals surface area contributed by atoms with Crippen molar-refractivity contribution in [2.45, 2.75) is 31.8 Å². The predicted octanol–water partition coefficient (Wildman–Crippen LogP) is -0.0838. The number of rotatable bonds is 3. The van der Waals surface area contributed by atoms with Gasteiger partial charge in [0.25, 0.3) is 0 Å². The summed E-state index contributed by atoms with van der Waals surface area (Å²) in [5.41, 5.74) is 0. The first-order chi connectivity index (χ1) is 5.66. The number of carboxylic acid groups (broad SMARTS) is 1. The van der Waals surface area contributed by atoms with Crippen LogP contribution in [0, 0.1) is 0 Å². The fraction of sp³-hybridized carbons (Fsp3) is 0.875. The fourth-order valence-corrected chi connectivity index (χ4v) is 1.71. The van der Waals surface area contributed by atoms with Crippen LogP contribution in [0.3, 0.4) is 0 Å². The Bertz CT molecular complexity index is 172. The standard InChI is InChI=1S/C8H15NO3/c1-6(8(11)12)9-4-2-3-7(9)5-10/h6-7,10H,2-5H2,1H3,(H,11,12). The van der Waals surface area contributed by atoms with Gasteiger partial charge in [0.05, 0.1) is 6.61 Å². The molecule has 0 radical (unpaired) electrons. The lowest BCUT2D eigenvalue weighted by atomic mass is 10.2. The first-order valence-corrected chi connectivity index (χ1v) is 4.26. The Morgan fingerprint density at radius 1 is 1.75 bits per heavy atom. The second-order valence-corrected chi connectivity index (χ2v) is 3.23. The summed E-state index contributed by atoms with van der Waals surface area (Å²) in [5, 5.41) is 17.7. The third kappa shape index (κ3) is 1.76. The maximum absolute atomic E-state index is 10.6. The summed E-state index contributed by atoms with van der Waals surface area (Å²) in [5.74, 6) is -0.810. The number of carboxylic acids is 1. The average Bonchev–Trinajstić information content (AvgIpc) is 2.49. The number of hydrogen-bond acceptors (Lipinski definition) is 3. The number of likely N-dealkylation sites (tertiary alicyclic amines) is 1. The van der Waals surface area contributed by atoms with Gasteiger partial charge in [-0.05, 0) is 26.3 Å². The van der Waals surface area contributed by atoms with Gasteiger partial charge in [0.15, 0.2) is 0 Å². The topological polar surface area (TPSA) is 60.8 Å². The molecule has 1 rings (SSSR count). The molecule has 0 aliphatic carbocycles. The van der Waals surface area contributed by atoms with Crippen molar-refractivity contribution in [3.63, 3.8) is 0 Å². The van der Waals surface area contributed by atoms with Gasteiger partial charge in [-0.1, -0.05) is 0 Å². The van der Waals surface area contributed by atoms with E-state index in [1.165, 1.54) is 0 Å². The molecular weight excluding hydrogens is 158 g/mol. The normalized spacial score (nSPS) is 27.3. The van der Waals surface area contributed by atoms with Gasteiger partial charge in [0.1, 0.15) is 6.04 Å². The van der Waals surface area contributed by atoms with E-state index in [9.17, 15) is 4.79 Å². The Hall–Kier alpha value is -0.610. The van der Waals surface area contributed by atoms with Crippen LogP contribution in [0.15, 0.2) is 0 Å². The number of aliphatic carboxylic acids is 1. The van der Waals surface area contributed by atoms with E-state index in [1.807, 2.05) is 4.90 Å². The van der Waals surface area contributed by atoms with Crippen molar-refractivity contribution in [2.24, 2.45) is 0 Å². The summed E-state index contributed by atoms with van der Waals surface area (Å²) >= 11 is 0. The van der Waals surface area contributed by atoms with E-state index < -0.39 is 12.0 Å². The molecule has 0 amide bonds. The predicted molar refractivity (Wildman–Crippen MR) is 43.9 cm³/mol. The van der Waals surface area contributed by atoms with E-state index in [4.69, 9.17) is 10.2 Å². The summed E-state index contributed by atoms with van der Waals surface area (Å²) in [4.78, 5) is 12.5. The lowest BCUT2D eigenvalue weighted by molar-refractivity contribution is -0.143. The van der Waals surface area contributed by atoms with Crippen LogP contribution < -0.4 is 0 Å². The second-order valence-electron chi connectivity index (χ2n) is 3.23. The molecule has 4 nitrogen and oxygen atoms in total. The lowest BCUT2D eigenvalue weighted by Crippen LogP contribution is -2.43. The van der Waals surface area contributed by atoms with E-state index in [0.717, 1.165) is 19.4 Å². The van der Waals surface area contributed by atoms with Crippen molar-refractivity contribution in [2.75, 3.05) is 13.2 Å². The minimum Gasteiger partial charge on any atom is -0.480 e. The molecule has 0 aromatic carbocycles. The van der Waals surface area contributed by atoms with Crippen LogP contribution in [0.4, 0.5) is 0 Å². The first-order valence-electron chi connectivity index (χ1n) is 4.26. The summed E-state index contributed by atoms with van der Waals surface area (Å²) in [6.07, 6.45) is 1.90. The third-order valence-corrected chi connectivity index (χ3v) is 2.49. The van der Waals surface area contributed by atoms with E-state index in [1.54, 1.807) is 6.92 Å². The van der Waals surface area contributed by atoms with Gasteiger partial charge in [-0.15, -0.1) is 0 Å². The Labute approximate surface area is 71.8 Å². The van der Waals surface area contributed by atoms with Gasteiger partial charge in [-0.25, -0.2) is 0 Å². The molecule has 1 fully saturated rings. The highest BCUT2D eigenvalue weighted by Gasteiger charge is 2.30. The van der Waals surface area contributed by atoms with Crippen LogP contribution in [0.5, 0.6) is 0 Å². The molecule has 2 unspecified atom stereocenters.